The maximum atomic E-state index is 9.76. The van der Waals surface area contributed by atoms with Crippen LogP contribution in [0.1, 0.15) is 17.4 Å². The third-order valence-corrected chi connectivity index (χ3v) is 4.12. The summed E-state index contributed by atoms with van der Waals surface area (Å²) in [5.74, 6) is 6.25. The molecule has 3 heteroatoms. The molecule has 0 spiro atoms. The minimum absolute atomic E-state index is 0.404. The highest BCUT2D eigenvalue weighted by Crippen LogP contribution is 2.20. The predicted octanol–water partition coefficient (Wildman–Crippen LogP) is 3.51. The summed E-state index contributed by atoms with van der Waals surface area (Å²) >= 11 is 1.59. The van der Waals surface area contributed by atoms with Gasteiger partial charge in [0.25, 0.3) is 0 Å². The van der Waals surface area contributed by atoms with Gasteiger partial charge in [0, 0.05) is 17.3 Å². The van der Waals surface area contributed by atoms with Crippen LogP contribution in [0.5, 0.6) is 0 Å². The Hall–Kier alpha value is -0.563. The first-order chi connectivity index (χ1) is 6.99. The normalized spacial score (nSPS) is 13.1. The maximum Gasteiger partial charge on any atom is 0.0990 e. The molecule has 1 aromatic rings. The Morgan fingerprint density at radius 2 is 2.13 bits per heavy atom. The molecule has 1 heterocycles. The molecule has 1 aromatic heterocycles. The minimum atomic E-state index is -1.05. The second-order valence-electron chi connectivity index (χ2n) is 4.83. The van der Waals surface area contributed by atoms with Gasteiger partial charge in [-0.1, -0.05) is 25.7 Å². The summed E-state index contributed by atoms with van der Waals surface area (Å²) in [5.41, 5.74) is 0. The van der Waals surface area contributed by atoms with Gasteiger partial charge in [0.2, 0.25) is 0 Å². The van der Waals surface area contributed by atoms with Gasteiger partial charge in [-0.05, 0) is 11.4 Å². The number of hydrogen-bond acceptors (Lipinski definition) is 2. The number of thiophene rings is 1. The van der Waals surface area contributed by atoms with Crippen LogP contribution in [0.25, 0.3) is 0 Å². The van der Waals surface area contributed by atoms with Gasteiger partial charge in [-0.2, -0.15) is 0 Å². The molecule has 1 rings (SSSR count). The first kappa shape index (κ1) is 12.5. The van der Waals surface area contributed by atoms with Crippen LogP contribution in [0.4, 0.5) is 0 Å². The highest BCUT2D eigenvalue weighted by Gasteiger charge is 2.10. The third kappa shape index (κ3) is 5.17. The van der Waals surface area contributed by atoms with E-state index in [1.54, 1.807) is 11.3 Å². The number of aliphatic hydroxyl groups excluding tert-OH is 1. The van der Waals surface area contributed by atoms with Crippen molar-refractivity contribution in [2.45, 2.75) is 38.2 Å². The predicted molar refractivity (Wildman–Crippen MR) is 69.8 cm³/mol. The molecule has 0 radical (unpaired) electrons. The lowest BCUT2D eigenvalue weighted by molar-refractivity contribution is 0.188. The van der Waals surface area contributed by atoms with Gasteiger partial charge < -0.3 is 5.11 Å². The van der Waals surface area contributed by atoms with Gasteiger partial charge >= 0.3 is 0 Å². The van der Waals surface area contributed by atoms with E-state index in [0.29, 0.717) is 6.42 Å². The van der Waals surface area contributed by atoms with E-state index in [9.17, 15) is 5.11 Å². The van der Waals surface area contributed by atoms with Gasteiger partial charge in [0.1, 0.15) is 0 Å². The molecule has 1 nitrogen and oxygen atoms in total. The van der Waals surface area contributed by atoms with Crippen LogP contribution in [0.15, 0.2) is 17.5 Å². The van der Waals surface area contributed by atoms with Crippen LogP contribution >= 0.6 is 11.3 Å². The maximum absolute atomic E-state index is 9.76. The number of rotatable bonds is 3. The van der Waals surface area contributed by atoms with Crippen molar-refractivity contribution < 1.29 is 5.11 Å². The zero-order valence-electron chi connectivity index (χ0n) is 9.58. The SMILES string of the molecule is C[Si](C)(C)CC#CCC(O)c1cccs1. The van der Waals surface area contributed by atoms with Crippen molar-refractivity contribution in [3.63, 3.8) is 0 Å². The van der Waals surface area contributed by atoms with Crippen LogP contribution in [0, 0.1) is 11.8 Å². The lowest BCUT2D eigenvalue weighted by atomic mass is 10.2. The van der Waals surface area contributed by atoms with Crippen LogP contribution in [-0.4, -0.2) is 13.2 Å². The van der Waals surface area contributed by atoms with Crippen LogP contribution in [0.3, 0.4) is 0 Å². The summed E-state index contributed by atoms with van der Waals surface area (Å²) in [6.07, 6.45) is 0.157. The van der Waals surface area contributed by atoms with Crippen LogP contribution in [0.2, 0.25) is 25.7 Å². The van der Waals surface area contributed by atoms with Gasteiger partial charge in [0.05, 0.1) is 14.2 Å². The summed E-state index contributed by atoms with van der Waals surface area (Å²) in [6, 6.07) is 4.93. The van der Waals surface area contributed by atoms with E-state index in [2.05, 4.69) is 31.5 Å². The highest BCUT2D eigenvalue weighted by atomic mass is 32.1. The number of hydrogen-bond donors (Lipinski definition) is 1. The molecule has 0 aliphatic heterocycles. The molecule has 0 saturated heterocycles. The van der Waals surface area contributed by atoms with E-state index in [-0.39, 0.29) is 0 Å². The molecule has 15 heavy (non-hydrogen) atoms. The molecule has 0 fully saturated rings. The second kappa shape index (κ2) is 5.50. The van der Waals surface area contributed by atoms with Gasteiger partial charge in [-0.3, -0.25) is 0 Å². The molecule has 82 valence electrons. The molecule has 1 atom stereocenters. The smallest absolute Gasteiger partial charge is 0.0990 e. The molecule has 0 bridgehead atoms. The molecule has 0 amide bonds. The van der Waals surface area contributed by atoms with Crippen molar-refractivity contribution in [1.29, 1.82) is 0 Å². The molecular formula is C12H18OSSi. The molecule has 0 aliphatic rings. The fourth-order valence-corrected chi connectivity index (χ4v) is 2.45. The first-order valence-corrected chi connectivity index (χ1v) is 9.75. The van der Waals surface area contributed by atoms with E-state index in [1.807, 2.05) is 17.5 Å². The summed E-state index contributed by atoms with van der Waals surface area (Å²) in [7, 11) is -1.05. The Balaban J connectivity index is 2.37. The Kier molecular flexibility index (Phi) is 4.59. The van der Waals surface area contributed by atoms with Gasteiger partial charge in [-0.15, -0.1) is 23.2 Å². The average molecular weight is 238 g/mol. The van der Waals surface area contributed by atoms with E-state index in [4.69, 9.17) is 0 Å². The molecule has 1 unspecified atom stereocenters. The Labute approximate surface area is 97.2 Å². The largest absolute Gasteiger partial charge is 0.387 e. The molecule has 0 aromatic carbocycles. The van der Waals surface area contributed by atoms with Crippen molar-refractivity contribution in [3.8, 4) is 11.8 Å². The van der Waals surface area contributed by atoms with Crippen molar-refractivity contribution in [1.82, 2.24) is 0 Å². The highest BCUT2D eigenvalue weighted by molar-refractivity contribution is 7.10. The Morgan fingerprint density at radius 1 is 1.40 bits per heavy atom. The monoisotopic (exact) mass is 238 g/mol. The van der Waals surface area contributed by atoms with Crippen molar-refractivity contribution in [3.05, 3.63) is 22.4 Å². The lowest BCUT2D eigenvalue weighted by Crippen LogP contribution is -2.17. The summed E-state index contributed by atoms with van der Waals surface area (Å²) in [4.78, 5) is 1.01. The van der Waals surface area contributed by atoms with Crippen molar-refractivity contribution in [2.75, 3.05) is 0 Å². The van der Waals surface area contributed by atoms with E-state index < -0.39 is 14.2 Å². The molecular weight excluding hydrogens is 220 g/mol. The number of aliphatic hydroxyl groups is 1. The summed E-state index contributed by atoms with van der Waals surface area (Å²) in [5, 5.41) is 11.7. The van der Waals surface area contributed by atoms with Crippen LogP contribution < -0.4 is 0 Å². The molecule has 1 N–H and O–H groups in total. The average Bonchev–Trinajstić information content (AvgIpc) is 2.63. The fraction of sp³-hybridized carbons (Fsp3) is 0.500. The van der Waals surface area contributed by atoms with Gasteiger partial charge in [0.15, 0.2) is 0 Å². The van der Waals surface area contributed by atoms with E-state index in [1.165, 1.54) is 0 Å². The first-order valence-electron chi connectivity index (χ1n) is 5.16. The quantitative estimate of drug-likeness (QED) is 0.631. The van der Waals surface area contributed by atoms with E-state index in [0.717, 1.165) is 10.9 Å². The van der Waals surface area contributed by atoms with E-state index >= 15 is 0 Å². The minimum Gasteiger partial charge on any atom is -0.387 e. The Morgan fingerprint density at radius 3 is 2.67 bits per heavy atom. The third-order valence-electron chi connectivity index (χ3n) is 1.91. The second-order valence-corrected chi connectivity index (χ2v) is 11.3. The molecule has 0 aliphatic carbocycles. The zero-order valence-corrected chi connectivity index (χ0v) is 11.4. The Bertz CT molecular complexity index is 340. The van der Waals surface area contributed by atoms with Gasteiger partial charge in [-0.25, -0.2) is 0 Å². The van der Waals surface area contributed by atoms with Crippen molar-refractivity contribution in [2.24, 2.45) is 0 Å². The standard InChI is InChI=1S/C12H18OSSi/c1-15(2,3)10-5-4-7-11(13)12-8-6-9-14-12/h6,8-9,11,13H,7,10H2,1-3H3. The van der Waals surface area contributed by atoms with Crippen LogP contribution in [-0.2, 0) is 0 Å². The summed E-state index contributed by atoms with van der Waals surface area (Å²) in [6.45, 7) is 6.91. The lowest BCUT2D eigenvalue weighted by Gasteiger charge is -2.09. The fourth-order valence-electron chi connectivity index (χ4n) is 1.08. The van der Waals surface area contributed by atoms with Crippen molar-refractivity contribution >= 4 is 19.4 Å². The topological polar surface area (TPSA) is 20.2 Å². The zero-order chi connectivity index (χ0) is 11.3. The molecule has 0 saturated carbocycles. The summed E-state index contributed by atoms with van der Waals surface area (Å²) < 4.78 is 0.